The van der Waals surface area contributed by atoms with Crippen LogP contribution in [-0.4, -0.2) is 16.5 Å². The second-order valence-corrected chi connectivity index (χ2v) is 4.13. The Labute approximate surface area is 90.3 Å². The summed E-state index contributed by atoms with van der Waals surface area (Å²) in [6.07, 6.45) is 0.0394. The molecule has 2 N–H and O–H groups in total. The van der Waals surface area contributed by atoms with E-state index in [1.54, 1.807) is 6.92 Å². The van der Waals surface area contributed by atoms with Crippen molar-refractivity contribution in [2.24, 2.45) is 0 Å². The Bertz CT molecular complexity index is 319. The normalized spacial score (nSPS) is 12.9. The van der Waals surface area contributed by atoms with Gasteiger partial charge >= 0.3 is 0 Å². The maximum absolute atomic E-state index is 9.32. The zero-order valence-corrected chi connectivity index (χ0v) is 9.40. The summed E-state index contributed by atoms with van der Waals surface area (Å²) in [6.45, 7) is 5.78. The Morgan fingerprint density at radius 3 is 2.40 bits per heavy atom. The van der Waals surface area contributed by atoms with Crippen LogP contribution in [0, 0.1) is 0 Å². The van der Waals surface area contributed by atoms with Crippen molar-refractivity contribution >= 4 is 0 Å². The molecule has 1 unspecified atom stereocenters. The third-order valence-electron chi connectivity index (χ3n) is 2.36. The lowest BCUT2D eigenvalue weighted by molar-refractivity contribution is -0.139. The van der Waals surface area contributed by atoms with Crippen molar-refractivity contribution < 1.29 is 15.3 Å². The number of hydrogen-bond donors (Lipinski definition) is 2. The molecule has 0 aromatic heterocycles. The van der Waals surface area contributed by atoms with Crippen molar-refractivity contribution in [1.29, 1.82) is 0 Å². The van der Waals surface area contributed by atoms with Crippen LogP contribution in [0.3, 0.4) is 0 Å². The van der Waals surface area contributed by atoms with Crippen LogP contribution < -0.4 is 4.89 Å². The molecule has 0 aliphatic carbocycles. The average Bonchev–Trinajstić information content (AvgIpc) is 2.16. The summed E-state index contributed by atoms with van der Waals surface area (Å²) in [6, 6.07) is 5.68. The van der Waals surface area contributed by atoms with Gasteiger partial charge in [-0.2, -0.15) is 0 Å². The molecule has 0 heterocycles. The molecular formula is C12H18O3. The van der Waals surface area contributed by atoms with Crippen molar-refractivity contribution in [3.8, 4) is 5.75 Å². The summed E-state index contributed by atoms with van der Waals surface area (Å²) in [5, 5.41) is 18.2. The fourth-order valence-electron chi connectivity index (χ4n) is 1.65. The Kier molecular flexibility index (Phi) is 4.12. The zero-order chi connectivity index (χ0) is 11.4. The molecule has 0 saturated carbocycles. The molecule has 0 aliphatic heterocycles. The van der Waals surface area contributed by atoms with E-state index in [2.05, 4.69) is 4.89 Å². The fourth-order valence-corrected chi connectivity index (χ4v) is 1.65. The van der Waals surface area contributed by atoms with Crippen molar-refractivity contribution in [2.75, 3.05) is 0 Å². The molecule has 3 nitrogen and oxygen atoms in total. The van der Waals surface area contributed by atoms with Gasteiger partial charge in [-0.15, -0.1) is 0 Å². The quantitative estimate of drug-likeness (QED) is 0.593. The molecule has 0 amide bonds. The van der Waals surface area contributed by atoms with E-state index < -0.39 is 6.10 Å². The number of rotatable bonds is 4. The molecule has 1 atom stereocenters. The van der Waals surface area contributed by atoms with E-state index in [0.717, 1.165) is 11.1 Å². The first-order valence-corrected chi connectivity index (χ1v) is 5.17. The molecular weight excluding hydrogens is 192 g/mol. The minimum atomic E-state index is -0.443. The van der Waals surface area contributed by atoms with Gasteiger partial charge in [-0.1, -0.05) is 32.0 Å². The van der Waals surface area contributed by atoms with Crippen LogP contribution in [-0.2, 0) is 6.42 Å². The second kappa shape index (κ2) is 5.14. The second-order valence-electron chi connectivity index (χ2n) is 4.13. The van der Waals surface area contributed by atoms with Crippen LogP contribution in [0.25, 0.3) is 0 Å². The van der Waals surface area contributed by atoms with Gasteiger partial charge in [-0.3, -0.25) is 0 Å². The van der Waals surface area contributed by atoms with Gasteiger partial charge in [-0.25, -0.2) is 5.26 Å². The molecule has 0 radical (unpaired) electrons. The minimum Gasteiger partial charge on any atom is -0.393 e. The van der Waals surface area contributed by atoms with Crippen molar-refractivity contribution in [2.45, 2.75) is 39.2 Å². The predicted molar refractivity (Wildman–Crippen MR) is 59.2 cm³/mol. The van der Waals surface area contributed by atoms with Crippen molar-refractivity contribution in [3.05, 3.63) is 29.3 Å². The number of hydrogen-bond acceptors (Lipinski definition) is 3. The van der Waals surface area contributed by atoms with Gasteiger partial charge in [0.15, 0.2) is 5.75 Å². The third kappa shape index (κ3) is 2.94. The van der Waals surface area contributed by atoms with Gasteiger partial charge in [0.25, 0.3) is 0 Å². The Morgan fingerprint density at radius 1 is 1.27 bits per heavy atom. The van der Waals surface area contributed by atoms with Crippen molar-refractivity contribution in [3.63, 3.8) is 0 Å². The van der Waals surface area contributed by atoms with Crippen LogP contribution in [0.1, 0.15) is 37.8 Å². The van der Waals surface area contributed by atoms with E-state index >= 15 is 0 Å². The van der Waals surface area contributed by atoms with Crippen molar-refractivity contribution in [1.82, 2.24) is 0 Å². The first kappa shape index (κ1) is 12.0. The number of aliphatic hydroxyl groups is 1. The molecule has 84 valence electrons. The Morgan fingerprint density at radius 2 is 1.93 bits per heavy atom. The molecule has 1 aromatic carbocycles. The Hall–Kier alpha value is -1.06. The first-order chi connectivity index (χ1) is 7.06. The van der Waals surface area contributed by atoms with Gasteiger partial charge in [0.2, 0.25) is 0 Å². The van der Waals surface area contributed by atoms with E-state index in [9.17, 15) is 5.11 Å². The van der Waals surface area contributed by atoms with E-state index in [-0.39, 0.29) is 5.92 Å². The number of aliphatic hydroxyl groups excluding tert-OH is 1. The molecule has 0 spiro atoms. The lowest BCUT2D eigenvalue weighted by Crippen LogP contribution is -2.07. The smallest absolute Gasteiger partial charge is 0.171 e. The van der Waals surface area contributed by atoms with E-state index in [0.29, 0.717) is 12.2 Å². The monoisotopic (exact) mass is 210 g/mol. The highest BCUT2D eigenvalue weighted by Crippen LogP contribution is 2.30. The molecule has 0 aliphatic rings. The molecule has 3 heteroatoms. The van der Waals surface area contributed by atoms with Crippen LogP contribution in [0.2, 0.25) is 0 Å². The number of benzene rings is 1. The highest BCUT2D eigenvalue weighted by atomic mass is 17.1. The summed E-state index contributed by atoms with van der Waals surface area (Å²) in [7, 11) is 0. The van der Waals surface area contributed by atoms with Gasteiger partial charge in [0.05, 0.1) is 6.10 Å². The van der Waals surface area contributed by atoms with Crippen LogP contribution in [0.15, 0.2) is 18.2 Å². The van der Waals surface area contributed by atoms with E-state index in [4.69, 9.17) is 5.26 Å². The highest BCUT2D eigenvalue weighted by Gasteiger charge is 2.14. The molecule has 0 bridgehead atoms. The van der Waals surface area contributed by atoms with Gasteiger partial charge in [0.1, 0.15) is 0 Å². The van der Waals surface area contributed by atoms with Gasteiger partial charge < -0.3 is 9.99 Å². The molecule has 0 fully saturated rings. The molecule has 1 aromatic rings. The van der Waals surface area contributed by atoms with Gasteiger partial charge in [-0.05, 0) is 12.8 Å². The summed E-state index contributed by atoms with van der Waals surface area (Å²) in [4.78, 5) is 4.43. The lowest BCUT2D eigenvalue weighted by Gasteiger charge is -2.14. The summed E-state index contributed by atoms with van der Waals surface area (Å²) in [5.41, 5.74) is 1.79. The largest absolute Gasteiger partial charge is 0.393 e. The minimum absolute atomic E-state index is 0.279. The summed E-state index contributed by atoms with van der Waals surface area (Å²) >= 11 is 0. The molecule has 15 heavy (non-hydrogen) atoms. The van der Waals surface area contributed by atoms with E-state index in [1.165, 1.54) is 0 Å². The summed E-state index contributed by atoms with van der Waals surface area (Å²) in [5.74, 6) is 0.759. The third-order valence-corrected chi connectivity index (χ3v) is 2.36. The van der Waals surface area contributed by atoms with E-state index in [1.807, 2.05) is 32.0 Å². The SMILES string of the molecule is CC(O)Cc1cccc(C(C)C)c1OO. The average molecular weight is 210 g/mol. The lowest BCUT2D eigenvalue weighted by atomic mass is 9.97. The van der Waals surface area contributed by atoms with Gasteiger partial charge in [0, 0.05) is 17.5 Å². The standard InChI is InChI=1S/C12H18O3/c1-8(2)11-6-4-5-10(7-9(3)13)12(11)15-14/h4-6,8-9,13-14H,7H2,1-3H3. The predicted octanol–water partition coefficient (Wildman–Crippen LogP) is 2.59. The molecule has 1 rings (SSSR count). The first-order valence-electron chi connectivity index (χ1n) is 5.17. The maximum Gasteiger partial charge on any atom is 0.171 e. The summed E-state index contributed by atoms with van der Waals surface area (Å²) < 4.78 is 0. The fraction of sp³-hybridized carbons (Fsp3) is 0.500. The number of para-hydroxylation sites is 1. The van der Waals surface area contributed by atoms with Crippen LogP contribution >= 0.6 is 0 Å². The molecule has 0 saturated heterocycles. The van der Waals surface area contributed by atoms with Crippen LogP contribution in [0.5, 0.6) is 5.75 Å². The maximum atomic E-state index is 9.32. The zero-order valence-electron chi connectivity index (χ0n) is 9.40. The Balaban J connectivity index is 3.10. The topological polar surface area (TPSA) is 49.7 Å². The highest BCUT2D eigenvalue weighted by molar-refractivity contribution is 5.43. The van der Waals surface area contributed by atoms with Crippen LogP contribution in [0.4, 0.5) is 0 Å².